The van der Waals surface area contributed by atoms with Gasteiger partial charge >= 0.3 is 62.1 Å². The van der Waals surface area contributed by atoms with Crippen LogP contribution in [-0.4, -0.2) is 102 Å². The molecule has 0 N–H and O–H groups in total. The summed E-state index contributed by atoms with van der Waals surface area (Å²) >= 11 is 6.56. The second-order valence-corrected chi connectivity index (χ2v) is 29.3. The third kappa shape index (κ3) is 26.3. The first-order valence-electron chi connectivity index (χ1n) is 25.8. The Morgan fingerprint density at radius 3 is 0.786 bits per heavy atom. The van der Waals surface area contributed by atoms with Gasteiger partial charge in [-0.25, -0.2) is 9.13 Å². The van der Waals surface area contributed by atoms with E-state index in [-0.39, 0.29) is 103 Å². The molecule has 24 heteroatoms. The Balaban J connectivity index is 0.000000294. The monoisotopic (exact) mass is 1880 g/mol. The minimum Gasteiger partial charge on any atom is 4.00 e. The molecule has 0 unspecified atom stereocenters. The molecule has 0 saturated carbocycles. The van der Waals surface area contributed by atoms with Crippen LogP contribution in [0.4, 0.5) is 0 Å². The van der Waals surface area contributed by atoms with Crippen LogP contribution in [0.2, 0.25) is 0 Å². The van der Waals surface area contributed by atoms with Crippen LogP contribution in [0.25, 0.3) is 0 Å². The van der Waals surface area contributed by atoms with Crippen molar-refractivity contribution in [1.29, 1.82) is 0 Å². The van der Waals surface area contributed by atoms with Crippen LogP contribution in [0.15, 0.2) is 233 Å². The summed E-state index contributed by atoms with van der Waals surface area (Å²) < 4.78 is 8.31. The molecule has 456 valence electrons. The van der Waals surface area contributed by atoms with Gasteiger partial charge < -0.3 is 127 Å². The van der Waals surface area contributed by atoms with Crippen molar-refractivity contribution in [3.05, 3.63) is 295 Å². The number of nitrogens with zero attached hydrogens (tertiary/aromatic N) is 16. The number of benzene rings is 4. The standard InChI is InChI=1S/2C21H22N4.2C9H14N4.6BrH.2Pt/c2*1-3-7-20(8-4-1)15-22-11-13-24(17-22)19-25-14-12-23(18-25)16-21-9-5-2-6-10-21;2*1-10-3-5-12(7-10)9-13-6-4-11(2)8-13;;;;;;;;/h2*1-14,17-18H,15-16,19H2;2*3-8H,9H2,1-2H3;6*1H;;/q3*-2;+2;;;;;;;2*+4/p-6. The second-order valence-electron chi connectivity index (χ2n) is 19.3. The van der Waals surface area contributed by atoms with Crippen LogP contribution in [0.1, 0.15) is 22.3 Å². The van der Waals surface area contributed by atoms with E-state index in [2.05, 4.69) is 333 Å². The molecule has 0 bridgehead atoms. The van der Waals surface area contributed by atoms with E-state index in [1.54, 1.807) is 0 Å². The van der Waals surface area contributed by atoms with Gasteiger partial charge in [0.25, 0.3) is 0 Å². The maximum Gasteiger partial charge on any atom is 4.00 e. The Morgan fingerprint density at radius 2 is 0.571 bits per heavy atom. The van der Waals surface area contributed by atoms with E-state index in [0.717, 1.165) is 52.9 Å². The SMILES string of the molecule is C1=CN(CN2C=CN(Cc3ccccc3)[CH-]2)[CH-]N1Cc1ccccc1.C1=CN(CN2C=CN(Cc3ccccc3)[CH-]2)[CH-]N1Cc1ccccc1.CN1C=CN(CN2C=CN(C)[CH-]2)[CH-]1.C[n+]1ccn(Cn2cc[n+](C)c2)c1.[Br-].[Br-].[Br-].[Br-].[Br][Pt+2][Br].[Pt+4]. The van der Waals surface area contributed by atoms with Gasteiger partial charge in [-0.15, -0.1) is 0 Å². The fourth-order valence-corrected chi connectivity index (χ4v) is 8.74. The van der Waals surface area contributed by atoms with Crippen molar-refractivity contribution in [2.45, 2.75) is 32.8 Å². The van der Waals surface area contributed by atoms with Crippen LogP contribution in [0.5, 0.6) is 0 Å². The van der Waals surface area contributed by atoms with Crippen LogP contribution in [-0.2, 0) is 82.5 Å². The quantitative estimate of drug-likeness (QED) is 0.0750. The number of rotatable bonds is 16. The summed E-state index contributed by atoms with van der Waals surface area (Å²) in [7, 11) is 8.08. The third-order valence-electron chi connectivity index (χ3n) is 12.4. The topological polar surface area (TPSA) is 56.5 Å². The number of hydrogen-bond donors (Lipinski definition) is 0. The van der Waals surface area contributed by atoms with Crippen LogP contribution < -0.4 is 77.1 Å². The Labute approximate surface area is 577 Å². The van der Waals surface area contributed by atoms with Crippen molar-refractivity contribution in [3.8, 4) is 0 Å². The molecule has 0 aliphatic carbocycles. The maximum atomic E-state index is 3.17. The van der Waals surface area contributed by atoms with E-state index in [0.29, 0.717) is 0 Å². The first-order chi connectivity index (χ1) is 38.6. The molecule has 6 aromatic rings. The zero-order chi connectivity index (χ0) is 55.0. The summed E-state index contributed by atoms with van der Waals surface area (Å²) in [5.41, 5.74) is 5.25. The summed E-state index contributed by atoms with van der Waals surface area (Å²) in [5, 5.41) is 0. The van der Waals surface area contributed by atoms with Crippen molar-refractivity contribution in [2.75, 3.05) is 34.1 Å². The molecule has 6 aliphatic heterocycles. The first-order valence-corrected chi connectivity index (χ1v) is 35.7. The Hall–Kier alpha value is -4.40. The number of imidazole rings is 2. The molecular formula is C60H72Br6N16Pt2-2. The van der Waals surface area contributed by atoms with E-state index in [1.807, 2.05) is 71.9 Å². The summed E-state index contributed by atoms with van der Waals surface area (Å²) in [5.74, 6) is 0. The molecule has 0 saturated heterocycles. The molecule has 16 nitrogen and oxygen atoms in total. The molecule has 84 heavy (non-hydrogen) atoms. The van der Waals surface area contributed by atoms with Gasteiger partial charge in [-0.3, -0.25) is 0 Å². The number of hydrogen-bond acceptors (Lipinski definition) is 12. The largest absolute Gasteiger partial charge is 4.00 e. The van der Waals surface area contributed by atoms with Crippen LogP contribution in [0.3, 0.4) is 0 Å². The van der Waals surface area contributed by atoms with E-state index in [1.165, 1.54) is 22.3 Å². The smallest absolute Gasteiger partial charge is 4.00 e. The molecular weight excluding hydrogens is 1810 g/mol. The van der Waals surface area contributed by atoms with Gasteiger partial charge in [0.2, 0.25) is 19.3 Å². The first kappa shape index (κ1) is 73.9. The molecule has 0 amide bonds. The number of halogens is 6. The maximum absolute atomic E-state index is 3.17. The summed E-state index contributed by atoms with van der Waals surface area (Å²) in [6.07, 6.45) is 37.4. The van der Waals surface area contributed by atoms with Gasteiger partial charge in [0.15, 0.2) is 0 Å². The van der Waals surface area contributed by atoms with Gasteiger partial charge in [0, 0.05) is 46.2 Å². The molecule has 12 rings (SSSR count). The fraction of sp³-hybridized carbons (Fsp3) is 0.200. The van der Waals surface area contributed by atoms with E-state index in [9.17, 15) is 0 Å². The minimum absolute atomic E-state index is 0. The summed E-state index contributed by atoms with van der Waals surface area (Å²) in [4.78, 5) is 25.9. The normalized spacial score (nSPS) is 14.9. The molecule has 4 aromatic carbocycles. The molecule has 0 radical (unpaired) electrons. The predicted octanol–water partition coefficient (Wildman–Crippen LogP) is -2.71. The van der Waals surface area contributed by atoms with Gasteiger partial charge in [-0.05, 0) is 111 Å². The molecule has 8 heterocycles. The molecule has 0 atom stereocenters. The number of aryl methyl sites for hydroxylation is 2. The number of aromatic nitrogens is 4. The average Bonchev–Trinajstić information content (AvgIpc) is 4.35. The summed E-state index contributed by atoms with van der Waals surface area (Å²) in [6, 6.07) is 42.1. The van der Waals surface area contributed by atoms with Gasteiger partial charge in [-0.2, -0.15) is 49.1 Å². The van der Waals surface area contributed by atoms with Gasteiger partial charge in [0.1, 0.15) is 24.8 Å². The van der Waals surface area contributed by atoms with Gasteiger partial charge in [0.05, 0.1) is 14.1 Å². The zero-order valence-corrected chi connectivity index (χ0v) is 61.2. The Morgan fingerprint density at radius 1 is 0.345 bits per heavy atom. The van der Waals surface area contributed by atoms with E-state index in [4.69, 9.17) is 0 Å². The van der Waals surface area contributed by atoms with E-state index < -0.39 is 0 Å². The Kier molecular flexibility index (Phi) is 35.3. The average molecular weight is 1890 g/mol. The Bertz CT molecular complexity index is 2570. The predicted molar refractivity (Wildman–Crippen MR) is 314 cm³/mol. The van der Waals surface area contributed by atoms with Crippen LogP contribution >= 0.6 is 26.6 Å². The fourth-order valence-electron chi connectivity index (χ4n) is 8.74. The van der Waals surface area contributed by atoms with E-state index >= 15 is 0 Å². The minimum atomic E-state index is 0. The molecule has 0 spiro atoms. The van der Waals surface area contributed by atoms with Crippen LogP contribution in [0, 0.1) is 40.0 Å². The van der Waals surface area contributed by atoms with Crippen molar-refractivity contribution in [1.82, 2.24) is 67.9 Å². The van der Waals surface area contributed by atoms with Crippen molar-refractivity contribution in [3.63, 3.8) is 0 Å². The van der Waals surface area contributed by atoms with Gasteiger partial charge in [-0.1, -0.05) is 121 Å². The third-order valence-corrected chi connectivity index (χ3v) is 12.4. The zero-order valence-electron chi connectivity index (χ0n) is 47.1. The molecule has 2 aromatic heterocycles. The molecule has 6 aliphatic rings. The van der Waals surface area contributed by atoms with Crippen molar-refractivity contribution in [2.24, 2.45) is 14.1 Å². The second kappa shape index (κ2) is 40.1. The molecule has 0 fully saturated rings. The van der Waals surface area contributed by atoms with Crippen molar-refractivity contribution < 1.29 is 113 Å². The summed E-state index contributed by atoms with van der Waals surface area (Å²) in [6.45, 7) is 19.6. The van der Waals surface area contributed by atoms with Crippen molar-refractivity contribution >= 4 is 26.6 Å².